The first-order valence-electron chi connectivity index (χ1n) is 5.85. The van der Waals surface area contributed by atoms with Crippen molar-refractivity contribution >= 4 is 11.9 Å². The largest absolute Gasteiger partial charge is 0.497 e. The Labute approximate surface area is 115 Å². The molecule has 0 heterocycles. The second-order valence-corrected chi connectivity index (χ2v) is 3.94. The van der Waals surface area contributed by atoms with Gasteiger partial charge in [0.05, 0.1) is 19.3 Å². The molecule has 1 aromatic carbocycles. The van der Waals surface area contributed by atoms with Crippen LogP contribution in [0.3, 0.4) is 0 Å². The molecule has 1 aromatic rings. The van der Waals surface area contributed by atoms with Crippen LogP contribution in [0.15, 0.2) is 18.2 Å². The van der Waals surface area contributed by atoms with Gasteiger partial charge in [0.25, 0.3) is 0 Å². The molecule has 0 saturated heterocycles. The van der Waals surface area contributed by atoms with Gasteiger partial charge < -0.3 is 24.8 Å². The fourth-order valence-corrected chi connectivity index (χ4v) is 1.57. The second-order valence-electron chi connectivity index (χ2n) is 3.94. The van der Waals surface area contributed by atoms with Crippen molar-refractivity contribution in [2.45, 2.75) is 19.1 Å². The van der Waals surface area contributed by atoms with E-state index in [0.29, 0.717) is 0 Å². The fourth-order valence-electron chi connectivity index (χ4n) is 1.57. The molecule has 2 unspecified atom stereocenters. The van der Waals surface area contributed by atoms with Gasteiger partial charge in [0.15, 0.2) is 6.10 Å². The van der Waals surface area contributed by atoms with E-state index in [0.717, 1.165) is 6.07 Å². The summed E-state index contributed by atoms with van der Waals surface area (Å²) in [5, 5.41) is 28.5. The first-order valence-corrected chi connectivity index (χ1v) is 5.85. The van der Waals surface area contributed by atoms with Crippen LogP contribution in [-0.2, 0) is 9.53 Å². The molecule has 0 bridgehead atoms. The van der Waals surface area contributed by atoms with E-state index in [9.17, 15) is 19.8 Å². The van der Waals surface area contributed by atoms with E-state index in [1.165, 1.54) is 19.2 Å². The van der Waals surface area contributed by atoms with Crippen LogP contribution in [0.1, 0.15) is 28.9 Å². The summed E-state index contributed by atoms with van der Waals surface area (Å²) < 4.78 is 9.50. The molecule has 7 nitrogen and oxygen atoms in total. The molecule has 0 aliphatic heterocycles. The maximum absolute atomic E-state index is 11.4. The van der Waals surface area contributed by atoms with Gasteiger partial charge in [-0.2, -0.15) is 0 Å². The zero-order valence-electron chi connectivity index (χ0n) is 11.1. The molecule has 110 valence electrons. The number of hydrogen-bond acceptors (Lipinski definition) is 6. The van der Waals surface area contributed by atoms with Gasteiger partial charge in [0, 0.05) is 0 Å². The monoisotopic (exact) mass is 284 g/mol. The number of ether oxygens (including phenoxy) is 2. The van der Waals surface area contributed by atoms with Crippen molar-refractivity contribution in [2.24, 2.45) is 0 Å². The number of aromatic carboxylic acids is 1. The number of hydrogen-bond donors (Lipinski definition) is 3. The zero-order valence-corrected chi connectivity index (χ0v) is 11.1. The predicted molar refractivity (Wildman–Crippen MR) is 67.6 cm³/mol. The van der Waals surface area contributed by atoms with Crippen LogP contribution in [0, 0.1) is 0 Å². The summed E-state index contributed by atoms with van der Waals surface area (Å²) in [6.45, 7) is 1.62. The predicted octanol–water partition coefficient (Wildman–Crippen LogP) is 0.351. The first-order chi connectivity index (χ1) is 9.40. The zero-order chi connectivity index (χ0) is 15.3. The molecule has 0 aromatic heterocycles. The second kappa shape index (κ2) is 6.88. The summed E-state index contributed by atoms with van der Waals surface area (Å²) >= 11 is 0. The molecule has 7 heteroatoms. The molecular formula is C13H16O7. The van der Waals surface area contributed by atoms with E-state index in [-0.39, 0.29) is 23.5 Å². The lowest BCUT2D eigenvalue weighted by molar-refractivity contribution is -0.159. The number of aliphatic hydroxyl groups excluding tert-OH is 2. The van der Waals surface area contributed by atoms with E-state index in [1.807, 2.05) is 0 Å². The highest BCUT2D eigenvalue weighted by Crippen LogP contribution is 2.24. The quantitative estimate of drug-likeness (QED) is 0.646. The molecule has 0 amide bonds. The van der Waals surface area contributed by atoms with Crippen LogP contribution >= 0.6 is 0 Å². The van der Waals surface area contributed by atoms with Gasteiger partial charge in [-0.3, -0.25) is 0 Å². The van der Waals surface area contributed by atoms with Crippen LogP contribution in [0.2, 0.25) is 0 Å². The Hall–Kier alpha value is -2.12. The molecule has 0 saturated carbocycles. The lowest BCUT2D eigenvalue weighted by atomic mass is 10.0. The molecule has 0 spiro atoms. The Morgan fingerprint density at radius 2 is 1.90 bits per heavy atom. The van der Waals surface area contributed by atoms with Gasteiger partial charge >= 0.3 is 11.9 Å². The van der Waals surface area contributed by atoms with Crippen LogP contribution in [0.4, 0.5) is 0 Å². The highest BCUT2D eigenvalue weighted by atomic mass is 16.5. The van der Waals surface area contributed by atoms with E-state index >= 15 is 0 Å². The highest BCUT2D eigenvalue weighted by Gasteiger charge is 2.28. The maximum Gasteiger partial charge on any atom is 0.338 e. The smallest absolute Gasteiger partial charge is 0.338 e. The summed E-state index contributed by atoms with van der Waals surface area (Å²) in [5.74, 6) is -2.02. The Morgan fingerprint density at radius 3 is 2.40 bits per heavy atom. The fraction of sp³-hybridized carbons (Fsp3) is 0.385. The van der Waals surface area contributed by atoms with Crippen LogP contribution < -0.4 is 4.74 Å². The number of carboxylic acid groups (broad SMARTS) is 1. The van der Waals surface area contributed by atoms with Crippen molar-refractivity contribution in [3.05, 3.63) is 29.3 Å². The third kappa shape index (κ3) is 3.69. The first kappa shape index (κ1) is 15.9. The van der Waals surface area contributed by atoms with E-state index in [1.54, 1.807) is 6.92 Å². The highest BCUT2D eigenvalue weighted by molar-refractivity contribution is 5.88. The summed E-state index contributed by atoms with van der Waals surface area (Å²) in [6.07, 6.45) is -3.41. The number of carbonyl (C=O) groups is 2. The van der Waals surface area contributed by atoms with Gasteiger partial charge in [-0.25, -0.2) is 9.59 Å². The molecule has 1 rings (SSSR count). The van der Waals surface area contributed by atoms with Gasteiger partial charge in [-0.15, -0.1) is 0 Å². The maximum atomic E-state index is 11.4. The molecule has 0 aliphatic carbocycles. The summed E-state index contributed by atoms with van der Waals surface area (Å²) in [7, 11) is 1.33. The van der Waals surface area contributed by atoms with Crippen molar-refractivity contribution in [1.82, 2.24) is 0 Å². The molecule has 0 aliphatic rings. The molecule has 0 fully saturated rings. The number of methoxy groups -OCH3 is 1. The number of carboxylic acids is 1. The third-order valence-corrected chi connectivity index (χ3v) is 2.58. The average Bonchev–Trinajstić information content (AvgIpc) is 2.45. The third-order valence-electron chi connectivity index (χ3n) is 2.58. The van der Waals surface area contributed by atoms with E-state index in [4.69, 9.17) is 9.84 Å². The lowest BCUT2D eigenvalue weighted by Crippen LogP contribution is -2.30. The molecule has 20 heavy (non-hydrogen) atoms. The van der Waals surface area contributed by atoms with Gasteiger partial charge in [0.2, 0.25) is 0 Å². The lowest BCUT2D eigenvalue weighted by Gasteiger charge is -2.17. The Bertz CT molecular complexity index is 497. The minimum Gasteiger partial charge on any atom is -0.497 e. The number of aliphatic hydroxyl groups is 2. The minimum atomic E-state index is -1.80. The molecular weight excluding hydrogens is 268 g/mol. The van der Waals surface area contributed by atoms with Crippen LogP contribution in [-0.4, -0.2) is 47.1 Å². The van der Waals surface area contributed by atoms with E-state index in [2.05, 4.69) is 4.74 Å². The van der Waals surface area contributed by atoms with Gasteiger partial charge in [0.1, 0.15) is 11.9 Å². The Kier molecular flexibility index (Phi) is 5.48. The SMILES string of the molecule is CCOC(=O)C(O)C(O)c1cc(OC)cc(C(=O)O)c1. The van der Waals surface area contributed by atoms with Gasteiger partial charge in [-0.1, -0.05) is 0 Å². The molecule has 3 N–H and O–H groups in total. The standard InChI is InChI=1S/C13H16O7/c1-3-20-13(18)11(15)10(14)7-4-8(12(16)17)6-9(5-7)19-2/h4-6,10-11,14-15H,3H2,1-2H3,(H,16,17). The summed E-state index contributed by atoms with van der Waals surface area (Å²) in [4.78, 5) is 22.3. The van der Waals surface area contributed by atoms with E-state index < -0.39 is 24.1 Å². The van der Waals surface area contributed by atoms with Crippen molar-refractivity contribution in [1.29, 1.82) is 0 Å². The summed E-state index contributed by atoms with van der Waals surface area (Å²) in [6, 6.07) is 3.74. The minimum absolute atomic E-state index is 0.0438. The number of rotatable bonds is 6. The van der Waals surface area contributed by atoms with Crippen LogP contribution in [0.5, 0.6) is 5.75 Å². The number of benzene rings is 1. The van der Waals surface area contributed by atoms with Crippen molar-refractivity contribution < 1.29 is 34.4 Å². The average molecular weight is 284 g/mol. The van der Waals surface area contributed by atoms with Gasteiger partial charge in [-0.05, 0) is 30.7 Å². The van der Waals surface area contributed by atoms with Crippen molar-refractivity contribution in [2.75, 3.05) is 13.7 Å². The number of esters is 1. The molecule has 0 radical (unpaired) electrons. The topological polar surface area (TPSA) is 113 Å². The van der Waals surface area contributed by atoms with Crippen molar-refractivity contribution in [3.63, 3.8) is 0 Å². The number of carbonyl (C=O) groups excluding carboxylic acids is 1. The van der Waals surface area contributed by atoms with Crippen molar-refractivity contribution in [3.8, 4) is 5.75 Å². The Morgan fingerprint density at radius 1 is 1.25 bits per heavy atom. The molecule has 2 atom stereocenters. The normalized spacial score (nSPS) is 13.4. The van der Waals surface area contributed by atoms with Crippen LogP contribution in [0.25, 0.3) is 0 Å². The Balaban J connectivity index is 3.08. The summed E-state index contributed by atoms with van der Waals surface area (Å²) in [5.41, 5.74) is -0.0863.